The number of aliphatic hydroxyl groups is 4. The summed E-state index contributed by atoms with van der Waals surface area (Å²) >= 11 is 0. The number of rotatable bonds is 19. The minimum absolute atomic E-state index is 0.0493. The molecule has 100 heavy (non-hydrogen) atoms. The van der Waals surface area contributed by atoms with Crippen LogP contribution in [0.5, 0.6) is 0 Å². The molecule has 10 amide bonds. The van der Waals surface area contributed by atoms with Crippen LogP contribution in [0.15, 0.2) is 55.4 Å². The Kier molecular flexibility index (Phi) is 24.5. The Morgan fingerprint density at radius 1 is 0.480 bits per heavy atom. The molecule has 11 heterocycles. The molecule has 3 aromatic rings. The number of hydrogen-bond acceptors (Lipinski definition) is 24. The Balaban J connectivity index is 0.000000171. The molecule has 3 aromatic heterocycles. The fourth-order valence-corrected chi connectivity index (χ4v) is 13.5. The van der Waals surface area contributed by atoms with Gasteiger partial charge < -0.3 is 80.8 Å². The summed E-state index contributed by atoms with van der Waals surface area (Å²) in [6.45, 7) is 15.7. The second kappa shape index (κ2) is 32.0. The van der Waals surface area contributed by atoms with Crippen LogP contribution < -0.4 is 21.3 Å². The van der Waals surface area contributed by atoms with Crippen LogP contribution in [-0.4, -0.2) is 291 Å². The van der Waals surface area contributed by atoms with E-state index in [1.807, 2.05) is 13.8 Å². The standard InChI is InChI=1S/C19H27N5O5.C18H25N5O4.C14H19N5O3.C14H22N2O6/c1-18(2,3)29-17(28)24-9-4-6-19(24)12-23(16(19)27)13(11-25)15(26)22-10-14-20-7-5-8-21-14;1-12(2)16(26)23-8-3-5-18(23)11-22(17(18)27)13(10-24)15(25)21-9-14-19-6-4-7-20-14;20-8-10(12(21)17-7-11-15-4-2-5-16-11)19-9-14(13(19)22)3-1-6-18-14;1-13(2,3)22-12(21)16-6-4-5-14(16)8-15(11(14)20)9(7-17)10(18)19/h5,7-8,13,25H,4,6,9-12H2,1-3H3,(H,22,26);4,6-7,12-13,24H,3,5,8-11H2,1-2H3,(H,21,25);2,4-5,10,18,20H,1,3,6-9H2,(H,17,21);9,17H,4-8H2,1-3H3,(H,18,19)/t13-,19?;13-,18?;10-,14?;9-,14?/m0000/s1. The lowest BCUT2D eigenvalue weighted by molar-refractivity contribution is -0.175. The number of β-lactam (4-membered cyclic amide) rings is 4. The molecule has 8 fully saturated rings. The third-order valence-electron chi connectivity index (χ3n) is 18.6. The second-order valence-electron chi connectivity index (χ2n) is 27.9. The molecule has 11 rings (SSSR count). The van der Waals surface area contributed by atoms with Gasteiger partial charge in [-0.25, -0.2) is 44.3 Å². The average Bonchev–Trinajstić information content (AvgIpc) is 1.45. The van der Waals surface area contributed by atoms with Gasteiger partial charge in [-0.15, -0.1) is 0 Å². The predicted molar refractivity (Wildman–Crippen MR) is 348 cm³/mol. The molecular formula is C65H93N17O18. The molecule has 8 aliphatic heterocycles. The smallest absolute Gasteiger partial charge is 0.411 e. The van der Waals surface area contributed by atoms with Crippen molar-refractivity contribution in [3.05, 3.63) is 72.9 Å². The van der Waals surface area contributed by atoms with Gasteiger partial charge in [0.25, 0.3) is 17.7 Å². The third-order valence-corrected chi connectivity index (χ3v) is 18.6. The molecule has 0 aromatic carbocycles. The van der Waals surface area contributed by atoms with Crippen LogP contribution in [-0.2, 0) is 72.3 Å². The zero-order chi connectivity index (χ0) is 73.1. The molecular weight excluding hydrogens is 1310 g/mol. The van der Waals surface area contributed by atoms with E-state index in [9.17, 15) is 68.1 Å². The number of aromatic nitrogens is 6. The largest absolute Gasteiger partial charge is 0.480 e. The summed E-state index contributed by atoms with van der Waals surface area (Å²) in [5.41, 5.74) is -4.68. The van der Waals surface area contributed by atoms with Crippen molar-refractivity contribution in [1.82, 2.24) is 85.5 Å². The zero-order valence-electron chi connectivity index (χ0n) is 57.7. The van der Waals surface area contributed by atoms with Gasteiger partial charge in [0.2, 0.25) is 29.5 Å². The molecule has 0 bridgehead atoms. The van der Waals surface area contributed by atoms with Crippen LogP contribution >= 0.6 is 0 Å². The van der Waals surface area contributed by atoms with E-state index in [-0.39, 0.29) is 68.8 Å². The fraction of sp³-hybridized carbons (Fsp3) is 0.646. The number of likely N-dealkylation sites (tertiary alicyclic amines) is 7. The predicted octanol–water partition coefficient (Wildman–Crippen LogP) is -2.16. The summed E-state index contributed by atoms with van der Waals surface area (Å²) in [7, 11) is 0. The van der Waals surface area contributed by atoms with E-state index >= 15 is 0 Å². The van der Waals surface area contributed by atoms with E-state index in [2.05, 4.69) is 51.2 Å². The number of carbonyl (C=O) groups excluding carboxylic acids is 10. The van der Waals surface area contributed by atoms with Crippen molar-refractivity contribution in [3.8, 4) is 0 Å². The highest BCUT2D eigenvalue weighted by atomic mass is 16.6. The lowest BCUT2D eigenvalue weighted by Gasteiger charge is -2.53. The maximum Gasteiger partial charge on any atom is 0.411 e. The van der Waals surface area contributed by atoms with Gasteiger partial charge in [-0.1, -0.05) is 13.8 Å². The van der Waals surface area contributed by atoms with Gasteiger partial charge in [0, 0.05) is 69.3 Å². The van der Waals surface area contributed by atoms with Gasteiger partial charge in [0.05, 0.1) is 65.7 Å². The van der Waals surface area contributed by atoms with E-state index in [0.29, 0.717) is 75.8 Å². The lowest BCUT2D eigenvalue weighted by atomic mass is 9.83. The zero-order valence-corrected chi connectivity index (χ0v) is 57.7. The van der Waals surface area contributed by atoms with Crippen molar-refractivity contribution in [2.75, 3.05) is 78.8 Å². The van der Waals surface area contributed by atoms with Crippen LogP contribution in [0.1, 0.15) is 124 Å². The molecule has 35 heteroatoms. The van der Waals surface area contributed by atoms with Crippen molar-refractivity contribution < 1.29 is 87.7 Å². The van der Waals surface area contributed by atoms with Gasteiger partial charge in [-0.05, 0) is 118 Å². The number of carboxylic acid groups (broad SMARTS) is 1. The normalized spacial score (nSPS) is 23.9. The van der Waals surface area contributed by atoms with Gasteiger partial charge in [-0.3, -0.25) is 48.2 Å². The van der Waals surface area contributed by atoms with E-state index in [1.54, 1.807) is 102 Å². The monoisotopic (exact) mass is 1400 g/mol. The number of aliphatic hydroxyl groups excluding tert-OH is 4. The quantitative estimate of drug-likeness (QED) is 0.0577. The van der Waals surface area contributed by atoms with Crippen LogP contribution in [0.2, 0.25) is 0 Å². The van der Waals surface area contributed by atoms with E-state index in [4.69, 9.17) is 19.7 Å². The summed E-state index contributed by atoms with van der Waals surface area (Å²) < 4.78 is 10.8. The molecule has 0 saturated carbocycles. The van der Waals surface area contributed by atoms with Crippen LogP contribution in [0.3, 0.4) is 0 Å². The van der Waals surface area contributed by atoms with Gasteiger partial charge in [0.1, 0.15) is 69.0 Å². The number of nitrogens with one attached hydrogen (secondary N) is 4. The van der Waals surface area contributed by atoms with E-state index in [1.165, 1.54) is 24.5 Å². The Labute approximate surface area is 578 Å². The highest BCUT2D eigenvalue weighted by Gasteiger charge is 2.65. The van der Waals surface area contributed by atoms with Crippen molar-refractivity contribution in [3.63, 3.8) is 0 Å². The number of aliphatic carboxylic acids is 1. The molecule has 0 radical (unpaired) electrons. The van der Waals surface area contributed by atoms with Crippen molar-refractivity contribution in [1.29, 1.82) is 0 Å². The Bertz CT molecular complexity index is 3450. The first-order chi connectivity index (χ1) is 47.4. The molecule has 9 N–H and O–H groups in total. The molecule has 35 nitrogen and oxygen atoms in total. The molecule has 4 unspecified atom stereocenters. The first-order valence-electron chi connectivity index (χ1n) is 33.5. The van der Waals surface area contributed by atoms with Crippen molar-refractivity contribution in [2.24, 2.45) is 5.92 Å². The molecule has 8 atom stereocenters. The number of hydrogen-bond donors (Lipinski definition) is 9. The first kappa shape index (κ1) is 76.6. The fourth-order valence-electron chi connectivity index (χ4n) is 13.5. The summed E-state index contributed by atoms with van der Waals surface area (Å²) in [5, 5.41) is 58.2. The highest BCUT2D eigenvalue weighted by molar-refractivity contribution is 6.02. The Morgan fingerprint density at radius 3 is 1.08 bits per heavy atom. The average molecular weight is 1400 g/mol. The van der Waals surface area contributed by atoms with Gasteiger partial charge in [-0.2, -0.15) is 0 Å². The summed E-state index contributed by atoms with van der Waals surface area (Å²) in [5.74, 6) is -2.64. The minimum atomic E-state index is -1.26. The first-order valence-corrected chi connectivity index (χ1v) is 33.5. The molecule has 0 aliphatic carbocycles. The van der Waals surface area contributed by atoms with Crippen molar-refractivity contribution in [2.45, 2.75) is 184 Å². The number of nitrogens with zero attached hydrogens (tertiary/aromatic N) is 13. The second-order valence-corrected chi connectivity index (χ2v) is 27.9. The van der Waals surface area contributed by atoms with Crippen LogP contribution in [0.25, 0.3) is 0 Å². The SMILES string of the molecule is CC(C)(C)OC(=O)N1CCCC12CN([C@@H](CO)C(=O)NCc1ncccn1)C2=O.CC(C)(C)OC(=O)N1CCCC12CN([C@@H](CO)C(=O)O)C2=O.CC(C)C(=O)N1CCCC12CN([C@@H](CO)C(=O)NCc1ncccn1)C2=O.O=C(NCc1ncccn1)[C@H](CO)N1CC2(CCCN2)C1=O. The maximum atomic E-state index is 13.0. The minimum Gasteiger partial charge on any atom is -0.480 e. The number of amides is 10. The molecule has 8 saturated heterocycles. The van der Waals surface area contributed by atoms with Crippen LogP contribution in [0.4, 0.5) is 9.59 Å². The Morgan fingerprint density at radius 2 is 0.800 bits per heavy atom. The number of carbonyl (C=O) groups is 11. The summed E-state index contributed by atoms with van der Waals surface area (Å²) in [4.78, 5) is 170. The Hall–Kier alpha value is -9.19. The van der Waals surface area contributed by atoms with Gasteiger partial charge >= 0.3 is 18.2 Å². The molecule has 546 valence electrons. The third kappa shape index (κ3) is 16.5. The maximum absolute atomic E-state index is 13.0. The highest BCUT2D eigenvalue weighted by Crippen LogP contribution is 2.44. The molecule has 8 aliphatic rings. The molecule has 4 spiro atoms. The van der Waals surface area contributed by atoms with E-state index in [0.717, 1.165) is 30.7 Å². The van der Waals surface area contributed by atoms with Gasteiger partial charge in [0.15, 0.2) is 6.04 Å². The summed E-state index contributed by atoms with van der Waals surface area (Å²) in [6, 6.07) is 0.892. The number of carboxylic acids is 1. The summed E-state index contributed by atoms with van der Waals surface area (Å²) in [6.07, 6.45) is 13.8. The number of ether oxygens (including phenoxy) is 2. The topological polar surface area (TPSA) is 456 Å². The van der Waals surface area contributed by atoms with Crippen molar-refractivity contribution >= 4 is 65.4 Å². The van der Waals surface area contributed by atoms with Crippen LogP contribution in [0, 0.1) is 5.92 Å². The van der Waals surface area contributed by atoms with E-state index < -0.39 is 126 Å². The lowest BCUT2D eigenvalue weighted by Crippen LogP contribution is -2.76.